The molecule has 1 fully saturated rings. The van der Waals surface area contributed by atoms with E-state index in [1.807, 2.05) is 77.6 Å². The summed E-state index contributed by atoms with van der Waals surface area (Å²) in [5.41, 5.74) is 2.88. The van der Waals surface area contributed by atoms with Crippen LogP contribution >= 0.6 is 0 Å². The molecule has 1 aliphatic heterocycles. The molecule has 0 saturated carbocycles. The molecule has 0 atom stereocenters. The zero-order valence-electron chi connectivity index (χ0n) is 17.6. The Labute approximate surface area is 187 Å². The van der Waals surface area contributed by atoms with E-state index in [1.54, 1.807) is 7.11 Å². The summed E-state index contributed by atoms with van der Waals surface area (Å²) in [5.74, 6) is 2.59. The van der Waals surface area contributed by atoms with Gasteiger partial charge in [-0.2, -0.15) is 4.21 Å². The van der Waals surface area contributed by atoms with Gasteiger partial charge in [-0.15, -0.1) is 10.0 Å². The van der Waals surface area contributed by atoms with Crippen LogP contribution in [0, 0.1) is 0 Å². The van der Waals surface area contributed by atoms with Gasteiger partial charge in [0.25, 0.3) is 0 Å². The molecular formula is C22H26N5O3S+. The molecule has 2 aromatic carbocycles. The first-order valence-corrected chi connectivity index (χ1v) is 10.2. The van der Waals surface area contributed by atoms with Crippen LogP contribution in [-0.4, -0.2) is 47.5 Å². The zero-order valence-corrected chi connectivity index (χ0v) is 18.4. The number of hydroxylamine groups is 2. The smallest absolute Gasteiger partial charge is 0.229 e. The number of nitrogens with one attached hydrogen (secondary N) is 2. The summed E-state index contributed by atoms with van der Waals surface area (Å²) >= 11 is 2.83. The maximum atomic E-state index is 7.83. The molecule has 0 radical (unpaired) electrons. The fraction of sp³-hybridized carbons (Fsp3) is 0.273. The van der Waals surface area contributed by atoms with Crippen molar-refractivity contribution in [1.82, 2.24) is 15.4 Å². The number of piperazine rings is 1. The van der Waals surface area contributed by atoms with E-state index in [4.69, 9.17) is 13.8 Å². The molecule has 0 amide bonds. The van der Waals surface area contributed by atoms with E-state index < -0.39 is 0 Å². The van der Waals surface area contributed by atoms with Gasteiger partial charge in [-0.05, 0) is 36.4 Å². The van der Waals surface area contributed by atoms with E-state index in [0.717, 1.165) is 60.4 Å². The molecule has 2 N–H and O–H groups in total. The molecule has 0 spiro atoms. The molecule has 0 bridgehead atoms. The van der Waals surface area contributed by atoms with Gasteiger partial charge in [-0.25, -0.2) is 4.57 Å². The molecule has 31 heavy (non-hydrogen) atoms. The van der Waals surface area contributed by atoms with Crippen LogP contribution < -0.4 is 24.8 Å². The minimum Gasteiger partial charge on any atom is -0.497 e. The Balaban J connectivity index is 0.00000132. The Kier molecular flexibility index (Phi) is 8.22. The van der Waals surface area contributed by atoms with Crippen molar-refractivity contribution in [1.29, 1.82) is 0 Å². The van der Waals surface area contributed by atoms with Crippen molar-refractivity contribution in [3.05, 3.63) is 60.9 Å². The first-order chi connectivity index (χ1) is 15.2. The van der Waals surface area contributed by atoms with E-state index >= 15 is 0 Å². The Morgan fingerprint density at radius 3 is 2.52 bits per heavy atom. The Bertz CT molecular complexity index is 981. The number of benzene rings is 2. The zero-order chi connectivity index (χ0) is 22.1. The number of hydrogen-bond donors (Lipinski definition) is 2. The van der Waals surface area contributed by atoms with Gasteiger partial charge in [-0.3, -0.25) is 5.32 Å². The van der Waals surface area contributed by atoms with Crippen molar-refractivity contribution in [3.8, 4) is 22.8 Å². The second-order valence-corrected chi connectivity index (χ2v) is 6.92. The van der Waals surface area contributed by atoms with E-state index in [2.05, 4.69) is 28.2 Å². The lowest BCUT2D eigenvalue weighted by atomic mass is 10.1. The van der Waals surface area contributed by atoms with Crippen LogP contribution in [0.25, 0.3) is 11.3 Å². The van der Waals surface area contributed by atoms with Gasteiger partial charge < -0.3 is 14.9 Å². The van der Waals surface area contributed by atoms with E-state index in [1.165, 1.54) is 0 Å². The number of rotatable bonds is 6. The minimum atomic E-state index is 0.812. The molecule has 162 valence electrons. The second-order valence-electron chi connectivity index (χ2n) is 6.92. The van der Waals surface area contributed by atoms with Crippen LogP contribution in [0.3, 0.4) is 0 Å². The van der Waals surface area contributed by atoms with Crippen LogP contribution in [0.2, 0.25) is 0 Å². The predicted molar refractivity (Wildman–Crippen MR) is 120 cm³/mol. The van der Waals surface area contributed by atoms with E-state index in [-0.39, 0.29) is 0 Å². The average molecular weight is 441 g/mol. The van der Waals surface area contributed by atoms with Crippen LogP contribution in [0.15, 0.2) is 60.9 Å². The number of nitrogens with zero attached hydrogens (tertiary/aromatic N) is 3. The lowest BCUT2D eigenvalue weighted by molar-refractivity contribution is -0.659. The van der Waals surface area contributed by atoms with Crippen molar-refractivity contribution < 1.29 is 18.4 Å². The molecule has 9 heteroatoms. The van der Waals surface area contributed by atoms with E-state index in [0.29, 0.717) is 0 Å². The summed E-state index contributed by atoms with van der Waals surface area (Å²) in [4.78, 5) is 10.5. The standard InChI is InChI=1S/C22H25N5O2.OS/c1-26-16-24-21(15-22(26)25-18-4-3-5-20(14-18)28-2)17-6-8-19(9-7-17)29-27-12-10-23-11-13-27;1-2/h3-9,14-16,23H,10-13H2,1-2H3;/p+1. The average Bonchev–Trinajstić information content (AvgIpc) is 2.83. The fourth-order valence-corrected chi connectivity index (χ4v) is 3.18. The normalized spacial score (nSPS) is 13.6. The molecular weight excluding hydrogens is 414 g/mol. The van der Waals surface area contributed by atoms with Crippen LogP contribution in [0.4, 0.5) is 11.5 Å². The third kappa shape index (κ3) is 6.17. The van der Waals surface area contributed by atoms with Crippen molar-refractivity contribution in [2.75, 3.05) is 38.6 Å². The number of hydrogen-bond acceptors (Lipinski definition) is 8. The van der Waals surface area contributed by atoms with Gasteiger partial charge in [0.05, 0.1) is 25.9 Å². The van der Waals surface area contributed by atoms with Gasteiger partial charge in [0.1, 0.15) is 11.5 Å². The summed E-state index contributed by atoms with van der Waals surface area (Å²) in [6.07, 6.45) is 1.81. The highest BCUT2D eigenvalue weighted by Gasteiger charge is 2.13. The van der Waals surface area contributed by atoms with Crippen molar-refractivity contribution >= 4 is 24.0 Å². The lowest BCUT2D eigenvalue weighted by Crippen LogP contribution is -2.45. The first-order valence-electron chi connectivity index (χ1n) is 9.89. The third-order valence-corrected chi connectivity index (χ3v) is 4.83. The topological polar surface area (TPSA) is 79.6 Å². The summed E-state index contributed by atoms with van der Waals surface area (Å²) < 4.78 is 15.1. The summed E-state index contributed by atoms with van der Waals surface area (Å²) in [6, 6.07) is 17.9. The minimum absolute atomic E-state index is 0.812. The summed E-state index contributed by atoms with van der Waals surface area (Å²) in [6.45, 7) is 3.67. The predicted octanol–water partition coefficient (Wildman–Crippen LogP) is 2.19. The highest BCUT2D eigenvalue weighted by molar-refractivity contribution is 7.44. The summed E-state index contributed by atoms with van der Waals surface area (Å²) in [5, 5.41) is 8.74. The SMILES string of the molecule is COc1cccc(Nc2cc(-c3ccc(ON4CCNCC4)cc3)nc[n+]2C)c1.O=S. The fourth-order valence-electron chi connectivity index (χ4n) is 3.18. The highest BCUT2D eigenvalue weighted by Crippen LogP contribution is 2.24. The first kappa shape index (κ1) is 22.5. The van der Waals surface area contributed by atoms with Gasteiger partial charge in [0.2, 0.25) is 12.1 Å². The monoisotopic (exact) mass is 440 g/mol. The van der Waals surface area contributed by atoms with Gasteiger partial charge in [-0.1, -0.05) is 6.07 Å². The van der Waals surface area contributed by atoms with Crippen LogP contribution in [0.5, 0.6) is 11.5 Å². The number of aryl methyl sites for hydroxylation is 1. The third-order valence-electron chi connectivity index (χ3n) is 4.83. The molecule has 1 aliphatic rings. The number of ether oxygens (including phenoxy) is 1. The maximum absolute atomic E-state index is 7.83. The van der Waals surface area contributed by atoms with Crippen LogP contribution in [-0.2, 0) is 19.6 Å². The molecule has 8 nitrogen and oxygen atoms in total. The molecule has 0 unspecified atom stereocenters. The quantitative estimate of drug-likeness (QED) is 0.565. The van der Waals surface area contributed by atoms with Crippen molar-refractivity contribution in [2.45, 2.75) is 0 Å². The number of methoxy groups -OCH3 is 1. The molecule has 4 rings (SSSR count). The van der Waals surface area contributed by atoms with E-state index in [9.17, 15) is 0 Å². The van der Waals surface area contributed by atoms with Crippen molar-refractivity contribution in [3.63, 3.8) is 0 Å². The molecule has 3 aromatic rings. The van der Waals surface area contributed by atoms with Gasteiger partial charge in [0.15, 0.2) is 18.2 Å². The maximum Gasteiger partial charge on any atom is 0.229 e. The Hall–Kier alpha value is -3.14. The van der Waals surface area contributed by atoms with Gasteiger partial charge >= 0.3 is 0 Å². The number of anilines is 2. The molecule has 2 heterocycles. The second kappa shape index (κ2) is 11.3. The van der Waals surface area contributed by atoms with Crippen LogP contribution in [0.1, 0.15) is 0 Å². The molecule has 0 aliphatic carbocycles. The largest absolute Gasteiger partial charge is 0.497 e. The van der Waals surface area contributed by atoms with Crippen molar-refractivity contribution in [2.24, 2.45) is 7.05 Å². The molecule has 1 aromatic heterocycles. The highest BCUT2D eigenvalue weighted by atomic mass is 32.1. The Morgan fingerprint density at radius 1 is 1.06 bits per heavy atom. The van der Waals surface area contributed by atoms with Gasteiger partial charge in [0, 0.05) is 37.8 Å². The molecule has 1 saturated heterocycles. The summed E-state index contributed by atoms with van der Waals surface area (Å²) in [7, 11) is 3.63. The Morgan fingerprint density at radius 2 is 1.81 bits per heavy atom. The number of aromatic nitrogens is 2. The lowest BCUT2D eigenvalue weighted by Gasteiger charge is -2.26.